The van der Waals surface area contributed by atoms with Gasteiger partial charge in [0, 0.05) is 97.9 Å². The summed E-state index contributed by atoms with van der Waals surface area (Å²) < 4.78 is 24.5. The first-order chi connectivity index (χ1) is 27.6. The first-order valence-corrected chi connectivity index (χ1v) is 20.6. The number of hydrogen-bond donors (Lipinski definition) is 3. The fourth-order valence-electron chi connectivity index (χ4n) is 13.0. The molecule has 3 fully saturated rings. The maximum absolute atomic E-state index is 15.2. The van der Waals surface area contributed by atoms with E-state index in [-0.39, 0.29) is 18.4 Å². The van der Waals surface area contributed by atoms with Crippen LogP contribution in [0.3, 0.4) is 0 Å². The number of methoxy groups -OCH3 is 2. The van der Waals surface area contributed by atoms with Crippen molar-refractivity contribution in [2.75, 3.05) is 58.9 Å². The number of para-hydroxylation sites is 1. The number of fused-ring (bicyclic) bond motifs is 6. The molecule has 58 heavy (non-hydrogen) atoms. The summed E-state index contributed by atoms with van der Waals surface area (Å²) in [6, 6.07) is 10.9. The van der Waals surface area contributed by atoms with Gasteiger partial charge in [0.05, 0.1) is 19.8 Å². The first kappa shape index (κ1) is 39.1. The number of benzene rings is 2. The van der Waals surface area contributed by atoms with Gasteiger partial charge in [0.2, 0.25) is 0 Å². The van der Waals surface area contributed by atoms with Gasteiger partial charge in [-0.2, -0.15) is 0 Å². The Morgan fingerprint density at radius 3 is 2.50 bits per heavy atom. The predicted octanol–water partition coefficient (Wildman–Crippen LogP) is 3.76. The number of carbonyl (C=O) groups excluding carboxylic acids is 3. The van der Waals surface area contributed by atoms with Gasteiger partial charge in [-0.15, -0.1) is 0 Å². The number of ether oxygens (including phenoxy) is 4. The third-order valence-corrected chi connectivity index (χ3v) is 14.6. The van der Waals surface area contributed by atoms with E-state index in [1.165, 1.54) is 21.0 Å². The molecule has 3 N–H and O–H groups in total. The van der Waals surface area contributed by atoms with Crippen molar-refractivity contribution in [3.05, 3.63) is 77.4 Å². The van der Waals surface area contributed by atoms with E-state index in [4.69, 9.17) is 18.9 Å². The summed E-state index contributed by atoms with van der Waals surface area (Å²) in [5.41, 5.74) is 0.487. The lowest BCUT2D eigenvalue weighted by molar-refractivity contribution is -0.309. The molecule has 6 aliphatic rings. The van der Waals surface area contributed by atoms with Gasteiger partial charge >= 0.3 is 17.9 Å². The van der Waals surface area contributed by atoms with E-state index < -0.39 is 57.7 Å². The summed E-state index contributed by atoms with van der Waals surface area (Å²) in [5, 5.41) is 25.9. The molecule has 2 aromatic carbocycles. The zero-order valence-electron chi connectivity index (χ0n) is 34.5. The number of hydrogen-bond acceptors (Lipinski definition) is 12. The van der Waals surface area contributed by atoms with E-state index in [9.17, 15) is 19.8 Å². The number of rotatable bonds is 6. The zero-order chi connectivity index (χ0) is 41.2. The summed E-state index contributed by atoms with van der Waals surface area (Å²) >= 11 is 0. The van der Waals surface area contributed by atoms with Gasteiger partial charge in [-0.25, -0.2) is 0 Å². The molecule has 1 spiro atoms. The molecule has 3 aromatic rings. The van der Waals surface area contributed by atoms with Gasteiger partial charge in [-0.1, -0.05) is 37.3 Å². The Kier molecular flexibility index (Phi) is 8.95. The van der Waals surface area contributed by atoms with Crippen LogP contribution in [0.2, 0.25) is 0 Å². The molecule has 2 saturated heterocycles. The van der Waals surface area contributed by atoms with Crippen molar-refractivity contribution in [2.45, 2.75) is 93.8 Å². The quantitative estimate of drug-likeness (QED) is 0.144. The maximum Gasteiger partial charge on any atom is 0.322 e. The molecule has 5 unspecified atom stereocenters. The number of anilines is 1. The second-order valence-electron chi connectivity index (χ2n) is 17.9. The van der Waals surface area contributed by atoms with E-state index in [0.29, 0.717) is 63.3 Å². The minimum atomic E-state index is -2.28. The fraction of sp³-hybridized carbons (Fsp3) is 0.556. The molecule has 1 saturated carbocycles. The van der Waals surface area contributed by atoms with Crippen LogP contribution < -0.4 is 9.64 Å². The summed E-state index contributed by atoms with van der Waals surface area (Å²) in [5.74, 6) is -3.81. The number of aliphatic hydroxyl groups is 2. The van der Waals surface area contributed by atoms with Crippen molar-refractivity contribution >= 4 is 34.5 Å². The van der Waals surface area contributed by atoms with Crippen molar-refractivity contribution in [1.82, 2.24) is 14.8 Å². The third-order valence-electron chi connectivity index (χ3n) is 14.6. The van der Waals surface area contributed by atoms with Gasteiger partial charge in [0.25, 0.3) is 5.79 Å². The summed E-state index contributed by atoms with van der Waals surface area (Å²) in [6.07, 6.45) is 6.82. The number of piperidine rings is 1. The lowest BCUT2D eigenvalue weighted by Crippen LogP contribution is -2.80. The van der Waals surface area contributed by atoms with Crippen LogP contribution in [-0.4, -0.2) is 126 Å². The smallest absolute Gasteiger partial charge is 0.322 e. The lowest BCUT2D eigenvalue weighted by atomic mass is 9.50. The van der Waals surface area contributed by atoms with Crippen LogP contribution in [0.15, 0.2) is 48.6 Å². The van der Waals surface area contributed by atoms with Crippen LogP contribution in [0.1, 0.15) is 69.3 Å². The minimum absolute atomic E-state index is 0.224. The topological polar surface area (TPSA) is 154 Å². The molecule has 309 valence electrons. The molecule has 2 bridgehead atoms. The Bertz CT molecular complexity index is 2240. The van der Waals surface area contributed by atoms with Crippen molar-refractivity contribution in [3.8, 4) is 5.75 Å². The molecular formula is C45H55N4O9. The Labute approximate surface area is 339 Å². The van der Waals surface area contributed by atoms with E-state index >= 15 is 4.79 Å². The summed E-state index contributed by atoms with van der Waals surface area (Å²) in [4.78, 5) is 51.7. The van der Waals surface area contributed by atoms with Gasteiger partial charge < -0.3 is 39.0 Å². The number of likely N-dealkylation sites (N-methyl/N-ethyl adjacent to an activating group) is 1. The van der Waals surface area contributed by atoms with Gasteiger partial charge in [-0.3, -0.25) is 24.2 Å². The highest BCUT2D eigenvalue weighted by atomic mass is 16.7. The van der Waals surface area contributed by atoms with Crippen molar-refractivity contribution < 1.29 is 43.5 Å². The highest BCUT2D eigenvalue weighted by molar-refractivity contribution is 5.94. The van der Waals surface area contributed by atoms with Crippen LogP contribution >= 0.6 is 0 Å². The predicted molar refractivity (Wildman–Crippen MR) is 215 cm³/mol. The van der Waals surface area contributed by atoms with Crippen LogP contribution in [0.4, 0.5) is 5.69 Å². The highest BCUT2D eigenvalue weighted by Gasteiger charge is 2.79. The van der Waals surface area contributed by atoms with Gasteiger partial charge in [0.1, 0.15) is 17.2 Å². The molecule has 0 amide bonds. The number of esters is 3. The fourth-order valence-corrected chi connectivity index (χ4v) is 13.0. The Balaban J connectivity index is 1.36. The number of aromatic nitrogens is 1. The lowest BCUT2D eigenvalue weighted by Gasteiger charge is -2.63. The number of carbonyl (C=O) groups is 3. The highest BCUT2D eigenvalue weighted by Crippen LogP contribution is 2.68. The van der Waals surface area contributed by atoms with Crippen LogP contribution in [0.25, 0.3) is 10.9 Å². The Morgan fingerprint density at radius 1 is 1.02 bits per heavy atom. The first-order valence-electron chi connectivity index (χ1n) is 20.6. The molecule has 1 aliphatic carbocycles. The normalized spacial score (nSPS) is 37.4. The molecule has 10 atom stereocenters. The van der Waals surface area contributed by atoms with Gasteiger partial charge in [-0.05, 0) is 74.8 Å². The van der Waals surface area contributed by atoms with E-state index in [2.05, 4.69) is 39.1 Å². The maximum atomic E-state index is 15.2. The Morgan fingerprint density at radius 2 is 1.79 bits per heavy atom. The minimum Gasteiger partial charge on any atom is -0.496 e. The van der Waals surface area contributed by atoms with Crippen molar-refractivity contribution in [3.63, 3.8) is 0 Å². The van der Waals surface area contributed by atoms with Crippen molar-refractivity contribution in [1.29, 1.82) is 0 Å². The van der Waals surface area contributed by atoms with E-state index in [0.717, 1.165) is 33.4 Å². The molecule has 5 aliphatic heterocycles. The van der Waals surface area contributed by atoms with Gasteiger partial charge in [0.15, 0.2) is 6.10 Å². The van der Waals surface area contributed by atoms with E-state index in [1.807, 2.05) is 56.5 Å². The SMILES string of the molecule is CC[C@]12C=CCN3CCC4(c5cc([C@@]6(C(=O)OC)CC7[CH][C@](C)(O)CN(CCc8c6[nH]c6ccccc86)C7)c(OC)cc5N(C)C4[C@@](O)(OC(C)=O)[C@@H]1OC(C)=O)C32. The van der Waals surface area contributed by atoms with E-state index in [1.54, 1.807) is 7.11 Å². The van der Waals surface area contributed by atoms with Crippen LogP contribution in [0.5, 0.6) is 5.75 Å². The largest absolute Gasteiger partial charge is 0.496 e. The number of nitrogens with zero attached hydrogens (tertiary/aromatic N) is 3. The second kappa shape index (κ2) is 13.3. The summed E-state index contributed by atoms with van der Waals surface area (Å²) in [6.45, 7) is 9.55. The van der Waals surface area contributed by atoms with Crippen molar-refractivity contribution in [2.24, 2.45) is 11.3 Å². The monoisotopic (exact) mass is 795 g/mol. The molecule has 1 radical (unpaired) electrons. The number of H-pyrrole nitrogens is 1. The molecular weight excluding hydrogens is 741 g/mol. The molecule has 13 heteroatoms. The Hall–Kier alpha value is -4.43. The standard InChI is InChI=1S/C45H55N4O9/c1-8-42-15-11-17-49-19-16-43(37(42)49)31-20-32(35(55-6)21-34(31)47(5)38(43)45(54,58-27(3)51)39(42)57-26(2)50)44(40(52)56-7)23-28-22-41(4,53)25-48(24-28)18-14-30-29-12-9-10-13-33(29)46-36(30)44/h9-13,15,20-22,28,37-39,46,53-54H,8,14,16-19,23-25H2,1-7H3/t28?,37?,38?,39-,41+,42-,43?,44+,45-/m1/s1. The molecule has 13 nitrogen and oxygen atoms in total. The second-order valence-corrected chi connectivity index (χ2v) is 17.9. The number of nitrogens with one attached hydrogen (secondary N) is 1. The molecule has 1 aromatic heterocycles. The molecule has 6 heterocycles. The average molecular weight is 796 g/mol. The zero-order valence-corrected chi connectivity index (χ0v) is 34.5. The summed E-state index contributed by atoms with van der Waals surface area (Å²) in [7, 11) is 4.88. The average Bonchev–Trinajstić information content (AvgIpc) is 3.83. The number of aromatic amines is 1. The molecule has 9 rings (SSSR count). The van der Waals surface area contributed by atoms with Crippen LogP contribution in [0, 0.1) is 17.8 Å². The third kappa shape index (κ3) is 5.18. The van der Waals surface area contributed by atoms with Crippen LogP contribution in [-0.2, 0) is 45.8 Å².